The number of hydrazone groups is 1. The average Bonchev–Trinajstić information content (AvgIpc) is 2.14. The van der Waals surface area contributed by atoms with Crippen LogP contribution in [0.15, 0.2) is 5.10 Å². The van der Waals surface area contributed by atoms with Crippen molar-refractivity contribution in [3.8, 4) is 0 Å². The van der Waals surface area contributed by atoms with Crippen molar-refractivity contribution in [1.82, 2.24) is 5.01 Å². The van der Waals surface area contributed by atoms with Gasteiger partial charge in [-0.05, 0) is 13.8 Å². The smallest absolute Gasteiger partial charge is 0.121 e. The van der Waals surface area contributed by atoms with Crippen LogP contribution in [0.3, 0.4) is 0 Å². The second kappa shape index (κ2) is 2.25. The van der Waals surface area contributed by atoms with Crippen molar-refractivity contribution in [2.24, 2.45) is 10.8 Å². The highest BCUT2D eigenvalue weighted by atomic mass is 15.5. The molecule has 0 atom stereocenters. The van der Waals surface area contributed by atoms with Crippen LogP contribution in [0.5, 0.6) is 0 Å². The van der Waals surface area contributed by atoms with Gasteiger partial charge in [-0.2, -0.15) is 5.10 Å². The predicted octanol–water partition coefficient (Wildman–Crippen LogP) is 0.373. The Morgan fingerprint density at radius 3 is 2.56 bits per heavy atom. The molecule has 0 unspecified atom stereocenters. The maximum atomic E-state index is 5.47. The number of nitrogens with two attached hydrogens (primary N) is 1. The Labute approximate surface area is 55.5 Å². The largest absolute Gasteiger partial charge is 0.386 e. The Morgan fingerprint density at radius 1 is 1.67 bits per heavy atom. The van der Waals surface area contributed by atoms with Crippen LogP contribution in [0.25, 0.3) is 0 Å². The van der Waals surface area contributed by atoms with Crippen molar-refractivity contribution in [3.63, 3.8) is 0 Å². The highest BCUT2D eigenvalue weighted by Crippen LogP contribution is 2.06. The number of nitrogens with zero attached hydrogens (tertiary/aromatic N) is 2. The van der Waals surface area contributed by atoms with Gasteiger partial charge in [0.1, 0.15) is 5.84 Å². The van der Waals surface area contributed by atoms with Gasteiger partial charge in [0, 0.05) is 19.0 Å². The molecular formula is C6H13N3. The lowest BCUT2D eigenvalue weighted by Gasteiger charge is -2.16. The van der Waals surface area contributed by atoms with Crippen LogP contribution in [0.4, 0.5) is 0 Å². The van der Waals surface area contributed by atoms with E-state index in [1.54, 1.807) is 0 Å². The van der Waals surface area contributed by atoms with Crippen LogP contribution in [-0.2, 0) is 0 Å². The van der Waals surface area contributed by atoms with Crippen LogP contribution >= 0.6 is 0 Å². The van der Waals surface area contributed by atoms with E-state index in [1.165, 1.54) is 0 Å². The second-order valence-electron chi connectivity index (χ2n) is 2.60. The quantitative estimate of drug-likeness (QED) is 0.553. The van der Waals surface area contributed by atoms with Gasteiger partial charge < -0.3 is 5.73 Å². The summed E-state index contributed by atoms with van der Waals surface area (Å²) in [6.07, 6.45) is 0.929. The molecule has 0 fully saturated rings. The maximum absolute atomic E-state index is 5.47. The van der Waals surface area contributed by atoms with Gasteiger partial charge in [-0.1, -0.05) is 0 Å². The van der Waals surface area contributed by atoms with E-state index >= 15 is 0 Å². The summed E-state index contributed by atoms with van der Waals surface area (Å²) in [5, 5.41) is 6.12. The maximum Gasteiger partial charge on any atom is 0.121 e. The number of amidine groups is 1. The summed E-state index contributed by atoms with van der Waals surface area (Å²) >= 11 is 0. The summed E-state index contributed by atoms with van der Waals surface area (Å²) in [6.45, 7) is 5.22. The molecule has 1 heterocycles. The Hall–Kier alpha value is -0.730. The van der Waals surface area contributed by atoms with Gasteiger partial charge >= 0.3 is 0 Å². The molecule has 0 aliphatic carbocycles. The van der Waals surface area contributed by atoms with E-state index in [2.05, 4.69) is 18.9 Å². The lowest BCUT2D eigenvalue weighted by Crippen LogP contribution is -2.22. The molecule has 3 heteroatoms. The zero-order valence-electron chi connectivity index (χ0n) is 5.96. The monoisotopic (exact) mass is 127 g/mol. The average molecular weight is 127 g/mol. The van der Waals surface area contributed by atoms with E-state index in [4.69, 9.17) is 5.73 Å². The third kappa shape index (κ3) is 1.34. The van der Waals surface area contributed by atoms with Gasteiger partial charge in [0.15, 0.2) is 0 Å². The predicted molar refractivity (Wildman–Crippen MR) is 38.1 cm³/mol. The minimum Gasteiger partial charge on any atom is -0.386 e. The molecule has 0 aromatic heterocycles. The molecule has 2 N–H and O–H groups in total. The highest BCUT2D eigenvalue weighted by Gasteiger charge is 2.13. The van der Waals surface area contributed by atoms with Gasteiger partial charge in [0.25, 0.3) is 0 Å². The van der Waals surface area contributed by atoms with Crippen molar-refractivity contribution in [2.75, 3.05) is 6.54 Å². The van der Waals surface area contributed by atoms with Gasteiger partial charge in [0.05, 0.1) is 0 Å². The van der Waals surface area contributed by atoms with Crippen LogP contribution in [-0.4, -0.2) is 23.4 Å². The molecule has 0 saturated heterocycles. The molecular weight excluding hydrogens is 114 g/mol. The lowest BCUT2D eigenvalue weighted by molar-refractivity contribution is 0.257. The molecule has 0 saturated carbocycles. The SMILES string of the molecule is CC(C)N1CCC(N)=N1. The van der Waals surface area contributed by atoms with Crippen LogP contribution < -0.4 is 5.73 Å². The third-order valence-electron chi connectivity index (χ3n) is 1.45. The van der Waals surface area contributed by atoms with Crippen molar-refractivity contribution < 1.29 is 0 Å². The molecule has 0 radical (unpaired) electrons. The van der Waals surface area contributed by atoms with Crippen molar-refractivity contribution in [1.29, 1.82) is 0 Å². The summed E-state index contributed by atoms with van der Waals surface area (Å²) in [4.78, 5) is 0. The van der Waals surface area contributed by atoms with Crippen molar-refractivity contribution >= 4 is 5.84 Å². The summed E-state index contributed by atoms with van der Waals surface area (Å²) < 4.78 is 0. The molecule has 0 aromatic carbocycles. The standard InChI is InChI=1S/C6H13N3/c1-5(2)9-4-3-6(7)8-9/h5H,3-4H2,1-2H3,(H2,7,8). The minimum absolute atomic E-state index is 0.492. The molecule has 0 bridgehead atoms. The fourth-order valence-electron chi connectivity index (χ4n) is 0.868. The fourth-order valence-corrected chi connectivity index (χ4v) is 0.868. The topological polar surface area (TPSA) is 41.6 Å². The number of rotatable bonds is 1. The normalized spacial score (nSPS) is 19.0. The van der Waals surface area contributed by atoms with Gasteiger partial charge in [-0.3, -0.25) is 5.01 Å². The third-order valence-corrected chi connectivity index (χ3v) is 1.45. The Morgan fingerprint density at radius 2 is 2.33 bits per heavy atom. The first-order chi connectivity index (χ1) is 4.20. The minimum atomic E-state index is 0.492. The van der Waals surface area contributed by atoms with Gasteiger partial charge in [-0.25, -0.2) is 0 Å². The first-order valence-corrected chi connectivity index (χ1v) is 3.29. The molecule has 1 aliphatic rings. The van der Waals surface area contributed by atoms with E-state index in [0.717, 1.165) is 18.8 Å². The molecule has 0 amide bonds. The summed E-state index contributed by atoms with van der Waals surface area (Å²) in [5.74, 6) is 0.767. The number of hydrogen-bond acceptors (Lipinski definition) is 3. The van der Waals surface area contributed by atoms with E-state index < -0.39 is 0 Å². The van der Waals surface area contributed by atoms with Crippen molar-refractivity contribution in [2.45, 2.75) is 26.3 Å². The van der Waals surface area contributed by atoms with Crippen LogP contribution in [0, 0.1) is 0 Å². The lowest BCUT2D eigenvalue weighted by atomic mass is 10.3. The van der Waals surface area contributed by atoms with E-state index in [1.807, 2.05) is 5.01 Å². The molecule has 1 rings (SSSR count). The van der Waals surface area contributed by atoms with Crippen LogP contribution in [0.1, 0.15) is 20.3 Å². The van der Waals surface area contributed by atoms with Gasteiger partial charge in [0.2, 0.25) is 0 Å². The molecule has 3 nitrogen and oxygen atoms in total. The van der Waals surface area contributed by atoms with Crippen LogP contribution in [0.2, 0.25) is 0 Å². The fraction of sp³-hybridized carbons (Fsp3) is 0.833. The summed E-state index contributed by atoms with van der Waals surface area (Å²) in [7, 11) is 0. The number of hydrogen-bond donors (Lipinski definition) is 1. The van der Waals surface area contributed by atoms with E-state index in [0.29, 0.717) is 6.04 Å². The highest BCUT2D eigenvalue weighted by molar-refractivity contribution is 5.81. The first-order valence-electron chi connectivity index (χ1n) is 3.29. The molecule has 52 valence electrons. The Bertz CT molecular complexity index is 128. The van der Waals surface area contributed by atoms with Gasteiger partial charge in [-0.15, -0.1) is 0 Å². The Balaban J connectivity index is 2.47. The zero-order chi connectivity index (χ0) is 6.85. The van der Waals surface area contributed by atoms with E-state index in [-0.39, 0.29) is 0 Å². The Kier molecular flexibility index (Phi) is 1.60. The van der Waals surface area contributed by atoms with E-state index in [9.17, 15) is 0 Å². The summed E-state index contributed by atoms with van der Waals surface area (Å²) in [5.41, 5.74) is 5.47. The molecule has 9 heavy (non-hydrogen) atoms. The first kappa shape index (κ1) is 6.39. The zero-order valence-corrected chi connectivity index (χ0v) is 5.96. The van der Waals surface area contributed by atoms with Crippen molar-refractivity contribution in [3.05, 3.63) is 0 Å². The molecule has 1 aliphatic heterocycles. The second-order valence-corrected chi connectivity index (χ2v) is 2.60. The molecule has 0 aromatic rings. The summed E-state index contributed by atoms with van der Waals surface area (Å²) in [6, 6.07) is 0.492. The molecule has 0 spiro atoms.